The molecule has 0 saturated carbocycles. The zero-order valence-electron chi connectivity index (χ0n) is 10.2. The van der Waals surface area contributed by atoms with Gasteiger partial charge < -0.3 is 10.2 Å². The second kappa shape index (κ2) is 4.94. The van der Waals surface area contributed by atoms with Crippen LogP contribution in [-0.4, -0.2) is 24.1 Å². The molecule has 1 fully saturated rings. The monoisotopic (exact) mass is 213 g/mol. The molecule has 1 aliphatic rings. The third-order valence-electron chi connectivity index (χ3n) is 2.57. The first-order valence-corrected chi connectivity index (χ1v) is 5.66. The molecule has 0 aromatic carbocycles. The number of ether oxygens (including phenoxy) is 1. The summed E-state index contributed by atoms with van der Waals surface area (Å²) in [6, 6.07) is 0. The van der Waals surface area contributed by atoms with Crippen molar-refractivity contribution in [1.82, 2.24) is 5.43 Å². The summed E-state index contributed by atoms with van der Waals surface area (Å²) in [6.45, 7) is 9.16. The molecule has 0 amide bonds. The van der Waals surface area contributed by atoms with Gasteiger partial charge >= 0.3 is 0 Å². The molecule has 88 valence electrons. The van der Waals surface area contributed by atoms with E-state index in [1.54, 1.807) is 0 Å². The van der Waals surface area contributed by atoms with Gasteiger partial charge in [0.15, 0.2) is 0 Å². The summed E-state index contributed by atoms with van der Waals surface area (Å²) in [6.07, 6.45) is 2.29. The highest BCUT2D eigenvalue weighted by atomic mass is 16.5. The summed E-state index contributed by atoms with van der Waals surface area (Å²) >= 11 is 0. The minimum Gasteiger partial charge on any atom is -0.377 e. The van der Waals surface area contributed by atoms with E-state index in [0.29, 0.717) is 5.92 Å². The fourth-order valence-corrected chi connectivity index (χ4v) is 1.95. The molecular formula is C11H23N3O. The lowest BCUT2D eigenvalue weighted by Crippen LogP contribution is -2.41. The molecule has 1 aliphatic heterocycles. The summed E-state index contributed by atoms with van der Waals surface area (Å²) in [4.78, 5) is 4.61. The van der Waals surface area contributed by atoms with E-state index in [0.717, 1.165) is 25.3 Å². The number of rotatable bonds is 2. The highest BCUT2D eigenvalue weighted by molar-refractivity contribution is 5.85. The minimum absolute atomic E-state index is 0.0947. The Balaban J connectivity index is 2.78. The lowest BCUT2D eigenvalue weighted by molar-refractivity contribution is 0.0983. The molecular weight excluding hydrogens is 190 g/mol. The number of nitrogens with two attached hydrogens (primary N) is 1. The van der Waals surface area contributed by atoms with Crippen LogP contribution in [0.5, 0.6) is 0 Å². The summed E-state index contributed by atoms with van der Waals surface area (Å²) in [7, 11) is 0. The summed E-state index contributed by atoms with van der Waals surface area (Å²) in [5, 5.41) is 0. The van der Waals surface area contributed by atoms with Crippen molar-refractivity contribution in [2.45, 2.75) is 52.2 Å². The molecule has 3 N–H and O–H groups in total. The van der Waals surface area contributed by atoms with Crippen LogP contribution in [0.3, 0.4) is 0 Å². The lowest BCUT2D eigenvalue weighted by atomic mass is 9.97. The van der Waals surface area contributed by atoms with E-state index in [2.05, 4.69) is 38.1 Å². The van der Waals surface area contributed by atoms with E-state index in [1.807, 2.05) is 0 Å². The van der Waals surface area contributed by atoms with E-state index >= 15 is 0 Å². The molecule has 1 saturated heterocycles. The number of hydrazine groups is 1. The SMILES string of the molecule is CCC1OCCC1C(=NC(C)(C)C)NN. The van der Waals surface area contributed by atoms with Crippen molar-refractivity contribution in [3.63, 3.8) is 0 Å². The van der Waals surface area contributed by atoms with E-state index in [-0.39, 0.29) is 11.6 Å². The van der Waals surface area contributed by atoms with Gasteiger partial charge in [0, 0.05) is 12.5 Å². The quantitative estimate of drug-likeness (QED) is 0.316. The van der Waals surface area contributed by atoms with Gasteiger partial charge in [0.05, 0.1) is 11.6 Å². The van der Waals surface area contributed by atoms with Crippen LogP contribution in [0.1, 0.15) is 40.5 Å². The summed E-state index contributed by atoms with van der Waals surface area (Å²) in [5.41, 5.74) is 2.64. The average molecular weight is 213 g/mol. The Labute approximate surface area is 92.3 Å². The van der Waals surface area contributed by atoms with Gasteiger partial charge in [-0.1, -0.05) is 6.92 Å². The maximum absolute atomic E-state index is 5.64. The number of amidine groups is 1. The zero-order chi connectivity index (χ0) is 11.5. The fourth-order valence-electron chi connectivity index (χ4n) is 1.95. The third kappa shape index (κ3) is 3.47. The van der Waals surface area contributed by atoms with Crippen molar-refractivity contribution in [2.75, 3.05) is 6.61 Å². The van der Waals surface area contributed by atoms with Crippen molar-refractivity contribution in [2.24, 2.45) is 16.8 Å². The predicted octanol–water partition coefficient (Wildman–Crippen LogP) is 1.46. The Morgan fingerprint density at radius 1 is 1.53 bits per heavy atom. The molecule has 0 aromatic heterocycles. The predicted molar refractivity (Wildman–Crippen MR) is 62.6 cm³/mol. The van der Waals surface area contributed by atoms with Crippen molar-refractivity contribution in [3.8, 4) is 0 Å². The van der Waals surface area contributed by atoms with E-state index in [4.69, 9.17) is 10.6 Å². The molecule has 2 unspecified atom stereocenters. The second-order valence-electron chi connectivity index (χ2n) is 5.02. The van der Waals surface area contributed by atoms with Gasteiger partial charge in [0.1, 0.15) is 5.84 Å². The van der Waals surface area contributed by atoms with E-state index < -0.39 is 0 Å². The van der Waals surface area contributed by atoms with Gasteiger partial charge in [0.25, 0.3) is 0 Å². The molecule has 1 heterocycles. The molecule has 4 nitrogen and oxygen atoms in total. The van der Waals surface area contributed by atoms with Gasteiger partial charge in [-0.15, -0.1) is 0 Å². The molecule has 0 radical (unpaired) electrons. The molecule has 0 aromatic rings. The van der Waals surface area contributed by atoms with Crippen LogP contribution in [0.25, 0.3) is 0 Å². The highest BCUT2D eigenvalue weighted by Crippen LogP contribution is 2.25. The van der Waals surface area contributed by atoms with Crippen LogP contribution in [0.2, 0.25) is 0 Å². The van der Waals surface area contributed by atoms with Crippen molar-refractivity contribution < 1.29 is 4.74 Å². The Hall–Kier alpha value is -0.610. The van der Waals surface area contributed by atoms with Crippen molar-refractivity contribution in [3.05, 3.63) is 0 Å². The second-order valence-corrected chi connectivity index (χ2v) is 5.02. The van der Waals surface area contributed by atoms with Gasteiger partial charge in [-0.05, 0) is 33.6 Å². The smallest absolute Gasteiger partial charge is 0.117 e. The maximum Gasteiger partial charge on any atom is 0.117 e. The van der Waals surface area contributed by atoms with E-state index in [1.165, 1.54) is 0 Å². The largest absolute Gasteiger partial charge is 0.377 e. The number of nitrogens with one attached hydrogen (secondary N) is 1. The molecule has 0 bridgehead atoms. The maximum atomic E-state index is 5.64. The van der Waals surface area contributed by atoms with E-state index in [9.17, 15) is 0 Å². The Morgan fingerprint density at radius 3 is 2.67 bits per heavy atom. The number of nitrogens with zero attached hydrogens (tertiary/aromatic N) is 1. The Bertz CT molecular complexity index is 232. The number of aliphatic imine (C=N–C) groups is 1. The molecule has 4 heteroatoms. The normalized spacial score (nSPS) is 28.2. The fraction of sp³-hybridized carbons (Fsp3) is 0.909. The molecule has 15 heavy (non-hydrogen) atoms. The topological polar surface area (TPSA) is 59.6 Å². The van der Waals surface area contributed by atoms with Crippen LogP contribution >= 0.6 is 0 Å². The number of hydrogen-bond acceptors (Lipinski definition) is 3. The van der Waals surface area contributed by atoms with Gasteiger partial charge in [-0.2, -0.15) is 0 Å². The van der Waals surface area contributed by atoms with Crippen LogP contribution in [0, 0.1) is 5.92 Å². The standard InChI is InChI=1S/C11H23N3O/c1-5-9-8(6-7-15-9)10(14-12)13-11(2,3)4/h8-9H,5-7,12H2,1-4H3,(H,13,14). The number of hydrogen-bond donors (Lipinski definition) is 2. The Morgan fingerprint density at radius 2 is 2.20 bits per heavy atom. The van der Waals surface area contributed by atoms with Crippen molar-refractivity contribution in [1.29, 1.82) is 0 Å². The van der Waals surface area contributed by atoms with Crippen LogP contribution < -0.4 is 11.3 Å². The van der Waals surface area contributed by atoms with Crippen LogP contribution in [0.15, 0.2) is 4.99 Å². The van der Waals surface area contributed by atoms with Crippen LogP contribution in [0.4, 0.5) is 0 Å². The van der Waals surface area contributed by atoms with Crippen LogP contribution in [-0.2, 0) is 4.74 Å². The molecule has 0 aliphatic carbocycles. The first kappa shape index (κ1) is 12.5. The lowest BCUT2D eigenvalue weighted by Gasteiger charge is -2.22. The first-order chi connectivity index (χ1) is 6.98. The summed E-state index contributed by atoms with van der Waals surface area (Å²) in [5.74, 6) is 6.75. The van der Waals surface area contributed by atoms with Gasteiger partial charge in [-0.3, -0.25) is 4.99 Å². The Kier molecular flexibility index (Phi) is 4.11. The van der Waals surface area contributed by atoms with Crippen molar-refractivity contribution >= 4 is 5.84 Å². The molecule has 0 spiro atoms. The minimum atomic E-state index is -0.0947. The van der Waals surface area contributed by atoms with Gasteiger partial charge in [0.2, 0.25) is 0 Å². The summed E-state index contributed by atoms with van der Waals surface area (Å²) < 4.78 is 5.64. The molecule has 2 atom stereocenters. The van der Waals surface area contributed by atoms with Gasteiger partial charge in [-0.25, -0.2) is 5.84 Å². The first-order valence-electron chi connectivity index (χ1n) is 5.66. The molecule has 1 rings (SSSR count). The third-order valence-corrected chi connectivity index (χ3v) is 2.57. The highest BCUT2D eigenvalue weighted by Gasteiger charge is 2.31. The zero-order valence-corrected chi connectivity index (χ0v) is 10.2. The average Bonchev–Trinajstić information content (AvgIpc) is 2.60.